The molecule has 3 aromatic rings. The number of nitrogens with one attached hydrogen (secondary N) is 3. The average Bonchev–Trinajstić information content (AvgIpc) is 3.75. The van der Waals surface area contributed by atoms with E-state index in [0.717, 1.165) is 5.56 Å². The molecular formula is C29H32N6O7. The molecule has 13 heteroatoms. The molecule has 0 spiro atoms. The van der Waals surface area contributed by atoms with Crippen LogP contribution in [-0.4, -0.2) is 88.8 Å². The molecule has 1 aromatic heterocycles. The van der Waals surface area contributed by atoms with Crippen LogP contribution < -0.4 is 25.2 Å². The first-order valence-electron chi connectivity index (χ1n) is 14.1. The van der Waals surface area contributed by atoms with Crippen molar-refractivity contribution in [3.05, 3.63) is 69.9 Å². The van der Waals surface area contributed by atoms with E-state index in [-0.39, 0.29) is 49.9 Å². The van der Waals surface area contributed by atoms with Crippen LogP contribution in [0.5, 0.6) is 17.2 Å². The highest BCUT2D eigenvalue weighted by molar-refractivity contribution is 5.96. The summed E-state index contributed by atoms with van der Waals surface area (Å²) < 4.78 is 16.8. The number of rotatable bonds is 4. The molecule has 2 bridgehead atoms. The van der Waals surface area contributed by atoms with Crippen molar-refractivity contribution >= 4 is 17.7 Å². The van der Waals surface area contributed by atoms with Crippen molar-refractivity contribution in [1.82, 2.24) is 30.3 Å². The maximum Gasteiger partial charge on any atom is 0.340 e. The zero-order chi connectivity index (χ0) is 29.1. The van der Waals surface area contributed by atoms with Gasteiger partial charge in [0.05, 0.1) is 12.5 Å². The molecule has 2 aromatic carbocycles. The topological polar surface area (TPSA) is 159 Å². The van der Waals surface area contributed by atoms with Crippen molar-refractivity contribution in [1.29, 1.82) is 0 Å². The lowest BCUT2D eigenvalue weighted by molar-refractivity contribution is -0.132. The number of H-pyrrole nitrogens is 2. The van der Waals surface area contributed by atoms with E-state index >= 15 is 0 Å². The Bertz CT molecular complexity index is 1530. The van der Waals surface area contributed by atoms with Gasteiger partial charge in [0, 0.05) is 57.0 Å². The number of likely N-dealkylation sites (tertiary alicyclic amines) is 1. The van der Waals surface area contributed by atoms with Gasteiger partial charge in [0.25, 0.3) is 5.91 Å². The number of carbonyl (C=O) groups is 3. The molecule has 13 nitrogen and oxygen atoms in total. The highest BCUT2D eigenvalue weighted by atomic mass is 16.7. The summed E-state index contributed by atoms with van der Waals surface area (Å²) in [6.45, 7) is 2.19. The second-order valence-electron chi connectivity index (χ2n) is 10.6. The van der Waals surface area contributed by atoms with Crippen molar-refractivity contribution in [2.45, 2.75) is 25.2 Å². The Morgan fingerprint density at radius 2 is 1.81 bits per heavy atom. The third-order valence-corrected chi connectivity index (χ3v) is 7.85. The van der Waals surface area contributed by atoms with E-state index in [1.807, 2.05) is 24.3 Å². The SMILES string of the molecule is O=C1NCCN(C(=O)CCc2n[nH]c(=O)[nH]2)CCCOc2cccc(c2)[C@H]2CN(C(=O)c3ccc4c(c3)OCO4)C[C@H]12. The Hall–Kier alpha value is -4.81. The zero-order valence-corrected chi connectivity index (χ0v) is 23.0. The van der Waals surface area contributed by atoms with Crippen LogP contribution in [0.3, 0.4) is 0 Å². The molecule has 3 aliphatic rings. The van der Waals surface area contributed by atoms with E-state index in [1.54, 1.807) is 28.0 Å². The van der Waals surface area contributed by atoms with Gasteiger partial charge in [0.15, 0.2) is 11.5 Å². The minimum absolute atomic E-state index is 0.110. The van der Waals surface area contributed by atoms with Gasteiger partial charge in [-0.05, 0) is 42.3 Å². The molecule has 2 atom stereocenters. The molecule has 4 heterocycles. The molecule has 220 valence electrons. The third kappa shape index (κ3) is 5.94. The van der Waals surface area contributed by atoms with Crippen LogP contribution in [0, 0.1) is 5.92 Å². The summed E-state index contributed by atoms with van der Waals surface area (Å²) in [5.41, 5.74) is 0.982. The largest absolute Gasteiger partial charge is 0.494 e. The third-order valence-electron chi connectivity index (χ3n) is 7.85. The number of carbonyl (C=O) groups excluding carboxylic acids is 3. The Morgan fingerprint density at radius 3 is 2.67 bits per heavy atom. The molecule has 0 aliphatic carbocycles. The number of aromatic amines is 2. The zero-order valence-electron chi connectivity index (χ0n) is 23.0. The van der Waals surface area contributed by atoms with Gasteiger partial charge in [-0.2, -0.15) is 5.10 Å². The number of ether oxygens (including phenoxy) is 3. The Labute approximate surface area is 241 Å². The number of hydrogen-bond donors (Lipinski definition) is 3. The molecule has 6 rings (SSSR count). The number of nitrogens with zero attached hydrogens (tertiary/aromatic N) is 3. The first-order chi connectivity index (χ1) is 20.4. The van der Waals surface area contributed by atoms with Crippen LogP contribution in [0.2, 0.25) is 0 Å². The lowest BCUT2D eigenvalue weighted by Crippen LogP contribution is -2.42. The van der Waals surface area contributed by atoms with Crippen molar-refractivity contribution in [3.63, 3.8) is 0 Å². The molecule has 1 fully saturated rings. The smallest absolute Gasteiger partial charge is 0.340 e. The maximum atomic E-state index is 13.5. The molecule has 0 unspecified atom stereocenters. The highest BCUT2D eigenvalue weighted by Crippen LogP contribution is 2.37. The Balaban J connectivity index is 1.17. The van der Waals surface area contributed by atoms with Gasteiger partial charge in [0.1, 0.15) is 11.6 Å². The summed E-state index contributed by atoms with van der Waals surface area (Å²) in [6, 6.07) is 12.7. The number of benzene rings is 2. The normalized spacial score (nSPS) is 20.3. The van der Waals surface area contributed by atoms with E-state index < -0.39 is 11.6 Å². The van der Waals surface area contributed by atoms with Crippen LogP contribution in [0.4, 0.5) is 0 Å². The molecule has 3 N–H and O–H groups in total. The highest BCUT2D eigenvalue weighted by Gasteiger charge is 2.41. The minimum atomic E-state index is -0.484. The summed E-state index contributed by atoms with van der Waals surface area (Å²) in [7, 11) is 0. The lowest BCUT2D eigenvalue weighted by Gasteiger charge is -2.25. The van der Waals surface area contributed by atoms with Crippen LogP contribution in [0.25, 0.3) is 0 Å². The predicted octanol–water partition coefficient (Wildman–Crippen LogP) is 1.04. The Morgan fingerprint density at radius 1 is 0.952 bits per heavy atom. The molecular weight excluding hydrogens is 544 g/mol. The van der Waals surface area contributed by atoms with E-state index in [9.17, 15) is 19.2 Å². The number of aryl methyl sites for hydroxylation is 1. The fourth-order valence-electron chi connectivity index (χ4n) is 5.68. The van der Waals surface area contributed by atoms with Gasteiger partial charge in [0.2, 0.25) is 18.6 Å². The quantitative estimate of drug-likeness (QED) is 0.416. The van der Waals surface area contributed by atoms with E-state index in [1.165, 1.54) is 0 Å². The number of aromatic nitrogens is 3. The maximum absolute atomic E-state index is 13.5. The summed E-state index contributed by atoms with van der Waals surface area (Å²) in [6.07, 6.45) is 1.06. The van der Waals surface area contributed by atoms with E-state index in [2.05, 4.69) is 20.5 Å². The average molecular weight is 577 g/mol. The van der Waals surface area contributed by atoms with Gasteiger partial charge in [-0.25, -0.2) is 9.89 Å². The van der Waals surface area contributed by atoms with Gasteiger partial charge in [-0.15, -0.1) is 0 Å². The van der Waals surface area contributed by atoms with Crippen LogP contribution in [-0.2, 0) is 16.0 Å². The van der Waals surface area contributed by atoms with Crippen LogP contribution in [0.15, 0.2) is 47.3 Å². The monoisotopic (exact) mass is 576 g/mol. The van der Waals surface area contributed by atoms with Gasteiger partial charge >= 0.3 is 5.69 Å². The standard InChI is InChI=1S/C29H32N6O7/c36-26(8-7-25-31-29(39)33-32-25)34-10-2-12-40-20-4-1-3-18(13-20)21-15-35(16-22(21)27(37)30-9-11-34)28(38)19-5-6-23-24(14-19)42-17-41-23/h1,3-6,13-14,21-22H,2,7-12,15-17H2,(H,30,37)(H2,31,32,33,39)/t21-,22+/m1/s1. The summed E-state index contributed by atoms with van der Waals surface area (Å²) in [5, 5.41) is 9.17. The number of amides is 3. The van der Waals surface area contributed by atoms with Gasteiger partial charge < -0.3 is 29.3 Å². The first kappa shape index (κ1) is 27.4. The van der Waals surface area contributed by atoms with E-state index in [0.29, 0.717) is 67.7 Å². The summed E-state index contributed by atoms with van der Waals surface area (Å²) >= 11 is 0. The Kier molecular flexibility index (Phi) is 7.80. The van der Waals surface area contributed by atoms with Crippen LogP contribution in [0.1, 0.15) is 40.5 Å². The van der Waals surface area contributed by atoms with Crippen LogP contribution >= 0.6 is 0 Å². The molecule has 42 heavy (non-hydrogen) atoms. The fourth-order valence-corrected chi connectivity index (χ4v) is 5.68. The molecule has 1 saturated heterocycles. The van der Waals surface area contributed by atoms with Crippen molar-refractivity contribution in [2.75, 3.05) is 46.1 Å². The molecule has 3 aliphatic heterocycles. The van der Waals surface area contributed by atoms with E-state index in [4.69, 9.17) is 14.2 Å². The molecule has 0 saturated carbocycles. The minimum Gasteiger partial charge on any atom is -0.494 e. The molecule has 0 radical (unpaired) electrons. The van der Waals surface area contributed by atoms with Crippen molar-refractivity contribution in [3.8, 4) is 17.2 Å². The first-order valence-corrected chi connectivity index (χ1v) is 14.1. The van der Waals surface area contributed by atoms with Gasteiger partial charge in [-0.3, -0.25) is 19.4 Å². The second-order valence-corrected chi connectivity index (χ2v) is 10.6. The molecule has 3 amide bonds. The summed E-state index contributed by atoms with van der Waals surface area (Å²) in [5.74, 6) is 1.02. The lowest BCUT2D eigenvalue weighted by atomic mass is 9.88. The van der Waals surface area contributed by atoms with Gasteiger partial charge in [-0.1, -0.05) is 12.1 Å². The number of fused-ring (bicyclic) bond motifs is 5. The van der Waals surface area contributed by atoms with Crippen molar-refractivity contribution < 1.29 is 28.6 Å². The summed E-state index contributed by atoms with van der Waals surface area (Å²) in [4.78, 5) is 57.3. The second kappa shape index (κ2) is 12.0. The number of hydrogen-bond acceptors (Lipinski definition) is 8. The predicted molar refractivity (Wildman–Crippen MR) is 148 cm³/mol. The van der Waals surface area contributed by atoms with Crippen molar-refractivity contribution in [2.24, 2.45) is 5.92 Å². The fraction of sp³-hybridized carbons (Fsp3) is 0.414.